The Morgan fingerprint density at radius 1 is 0.947 bits per heavy atom. The van der Waals surface area contributed by atoms with Gasteiger partial charge in [-0.25, -0.2) is 0 Å². The number of alkyl halides is 1. The van der Waals surface area contributed by atoms with E-state index in [0.29, 0.717) is 5.88 Å². The fourth-order valence-corrected chi connectivity index (χ4v) is 2.38. The van der Waals surface area contributed by atoms with Crippen LogP contribution in [0.4, 0.5) is 0 Å². The Kier molecular flexibility index (Phi) is 5.00. The Balaban J connectivity index is 2.37. The summed E-state index contributed by atoms with van der Waals surface area (Å²) in [5, 5.41) is 0. The molecule has 19 heavy (non-hydrogen) atoms. The fourth-order valence-electron chi connectivity index (χ4n) is 2.14. The fraction of sp³-hybridized carbons (Fsp3) is 0.111. The van der Waals surface area contributed by atoms with Crippen LogP contribution < -0.4 is 0 Å². The maximum atomic E-state index is 6.14. The minimum absolute atomic E-state index is 0.519. The molecule has 0 amide bonds. The molecule has 0 aromatic heterocycles. The van der Waals surface area contributed by atoms with Crippen LogP contribution in [0.2, 0.25) is 0 Å². The number of hydrogen-bond donors (Lipinski definition) is 0. The van der Waals surface area contributed by atoms with Crippen molar-refractivity contribution in [3.05, 3.63) is 90.0 Å². The van der Waals surface area contributed by atoms with Crippen LogP contribution in [0.25, 0.3) is 5.57 Å². The molecule has 2 aromatic rings. The topological polar surface area (TPSA) is 0 Å². The van der Waals surface area contributed by atoms with Crippen molar-refractivity contribution in [3.8, 4) is 0 Å². The van der Waals surface area contributed by atoms with E-state index in [2.05, 4.69) is 43.0 Å². The van der Waals surface area contributed by atoms with Crippen molar-refractivity contribution in [2.75, 3.05) is 5.88 Å². The first-order valence-electron chi connectivity index (χ1n) is 6.35. The van der Waals surface area contributed by atoms with Crippen LogP contribution in [0.15, 0.2) is 78.9 Å². The monoisotopic (exact) mass is 268 g/mol. The lowest BCUT2D eigenvalue weighted by Gasteiger charge is -2.11. The number of halogens is 1. The average Bonchev–Trinajstić information content (AvgIpc) is 2.49. The quantitative estimate of drug-likeness (QED) is 0.522. The van der Waals surface area contributed by atoms with Crippen LogP contribution in [-0.2, 0) is 6.42 Å². The molecule has 96 valence electrons. The highest BCUT2D eigenvalue weighted by Crippen LogP contribution is 2.23. The van der Waals surface area contributed by atoms with Gasteiger partial charge in [-0.2, -0.15) is 0 Å². The van der Waals surface area contributed by atoms with E-state index in [1.54, 1.807) is 0 Å². The molecule has 2 rings (SSSR count). The standard InChI is InChI=1S/C18H17Cl/c1-2-18(16-11-7-4-8-12-16)17(14-19)13-15-9-5-3-6-10-15/h2-12H,1,13-14H2. The molecule has 0 saturated carbocycles. The third-order valence-corrected chi connectivity index (χ3v) is 3.41. The summed E-state index contributed by atoms with van der Waals surface area (Å²) in [7, 11) is 0. The molecule has 0 aliphatic carbocycles. The third-order valence-electron chi connectivity index (χ3n) is 3.09. The summed E-state index contributed by atoms with van der Waals surface area (Å²) in [4.78, 5) is 0. The highest BCUT2D eigenvalue weighted by molar-refractivity contribution is 6.20. The number of rotatable bonds is 5. The van der Waals surface area contributed by atoms with Gasteiger partial charge >= 0.3 is 0 Å². The summed E-state index contributed by atoms with van der Waals surface area (Å²) in [6, 6.07) is 20.6. The molecule has 0 radical (unpaired) electrons. The predicted octanol–water partition coefficient (Wildman–Crippen LogP) is 5.11. The second kappa shape index (κ2) is 6.96. The summed E-state index contributed by atoms with van der Waals surface area (Å²) in [5.74, 6) is 0.519. The number of benzene rings is 2. The summed E-state index contributed by atoms with van der Waals surface area (Å²) in [6.45, 7) is 3.93. The zero-order chi connectivity index (χ0) is 13.5. The average molecular weight is 269 g/mol. The third kappa shape index (κ3) is 3.59. The van der Waals surface area contributed by atoms with E-state index in [1.165, 1.54) is 16.7 Å². The highest BCUT2D eigenvalue weighted by Gasteiger charge is 2.06. The van der Waals surface area contributed by atoms with E-state index in [0.717, 1.165) is 12.0 Å². The van der Waals surface area contributed by atoms with E-state index in [1.807, 2.05) is 30.3 Å². The van der Waals surface area contributed by atoms with Crippen molar-refractivity contribution in [1.82, 2.24) is 0 Å². The Labute approximate surface area is 120 Å². The molecule has 2 aromatic carbocycles. The lowest BCUT2D eigenvalue weighted by molar-refractivity contribution is 1.15. The van der Waals surface area contributed by atoms with Crippen molar-refractivity contribution in [1.29, 1.82) is 0 Å². The Morgan fingerprint density at radius 2 is 1.53 bits per heavy atom. The van der Waals surface area contributed by atoms with Crippen LogP contribution in [0.3, 0.4) is 0 Å². The van der Waals surface area contributed by atoms with Gasteiger partial charge in [-0.05, 0) is 28.7 Å². The van der Waals surface area contributed by atoms with Crippen LogP contribution in [0.1, 0.15) is 11.1 Å². The molecule has 0 heterocycles. The Hall–Kier alpha value is -1.79. The van der Waals surface area contributed by atoms with Crippen molar-refractivity contribution >= 4 is 17.2 Å². The van der Waals surface area contributed by atoms with E-state index >= 15 is 0 Å². The van der Waals surface area contributed by atoms with E-state index in [4.69, 9.17) is 11.6 Å². The summed E-state index contributed by atoms with van der Waals surface area (Å²) in [5.41, 5.74) is 4.78. The molecule has 0 unspecified atom stereocenters. The molecule has 0 nitrogen and oxygen atoms in total. The molecule has 0 bridgehead atoms. The number of allylic oxidation sites excluding steroid dienone is 3. The molecule has 0 N–H and O–H groups in total. The summed E-state index contributed by atoms with van der Waals surface area (Å²) < 4.78 is 0. The second-order valence-electron chi connectivity index (χ2n) is 4.38. The second-order valence-corrected chi connectivity index (χ2v) is 4.65. The molecule has 0 atom stereocenters. The molecular formula is C18H17Cl. The van der Waals surface area contributed by atoms with Gasteiger partial charge in [0.2, 0.25) is 0 Å². The van der Waals surface area contributed by atoms with Crippen LogP contribution in [-0.4, -0.2) is 5.88 Å². The molecule has 0 spiro atoms. The minimum atomic E-state index is 0.519. The zero-order valence-corrected chi connectivity index (χ0v) is 11.6. The van der Waals surface area contributed by atoms with Crippen molar-refractivity contribution in [2.24, 2.45) is 0 Å². The smallest absolute Gasteiger partial charge is 0.0445 e. The lowest BCUT2D eigenvalue weighted by Crippen LogP contribution is -1.97. The maximum absolute atomic E-state index is 6.14. The van der Waals surface area contributed by atoms with Gasteiger partial charge in [-0.15, -0.1) is 11.6 Å². The van der Waals surface area contributed by atoms with E-state index in [-0.39, 0.29) is 0 Å². The SMILES string of the molecule is C=CC(=C(CCl)Cc1ccccc1)c1ccccc1. The first-order valence-corrected chi connectivity index (χ1v) is 6.88. The van der Waals surface area contributed by atoms with Crippen molar-refractivity contribution in [3.63, 3.8) is 0 Å². The van der Waals surface area contributed by atoms with Crippen molar-refractivity contribution < 1.29 is 0 Å². The molecule has 0 fully saturated rings. The summed E-state index contributed by atoms with van der Waals surface area (Å²) in [6.07, 6.45) is 2.76. The number of hydrogen-bond acceptors (Lipinski definition) is 0. The first kappa shape index (κ1) is 13.6. The molecule has 0 aliphatic heterocycles. The van der Waals surface area contributed by atoms with Gasteiger partial charge in [-0.3, -0.25) is 0 Å². The van der Waals surface area contributed by atoms with Crippen molar-refractivity contribution in [2.45, 2.75) is 6.42 Å². The van der Waals surface area contributed by atoms with Crippen LogP contribution in [0, 0.1) is 0 Å². The molecule has 0 saturated heterocycles. The normalized spacial score (nSPS) is 11.8. The molecule has 0 aliphatic rings. The predicted molar refractivity (Wildman–Crippen MR) is 84.4 cm³/mol. The van der Waals surface area contributed by atoms with Gasteiger partial charge in [0.15, 0.2) is 0 Å². The lowest BCUT2D eigenvalue weighted by atomic mass is 9.96. The Bertz CT molecular complexity index is 553. The van der Waals surface area contributed by atoms with Crippen LogP contribution in [0.5, 0.6) is 0 Å². The summed E-state index contributed by atoms with van der Waals surface area (Å²) >= 11 is 6.14. The van der Waals surface area contributed by atoms with E-state index in [9.17, 15) is 0 Å². The zero-order valence-electron chi connectivity index (χ0n) is 10.9. The largest absolute Gasteiger partial charge is 0.122 e. The van der Waals surface area contributed by atoms with Gasteiger partial charge < -0.3 is 0 Å². The van der Waals surface area contributed by atoms with E-state index < -0.39 is 0 Å². The van der Waals surface area contributed by atoms with Crippen LogP contribution >= 0.6 is 11.6 Å². The minimum Gasteiger partial charge on any atom is -0.122 e. The van der Waals surface area contributed by atoms with Gasteiger partial charge in [0.25, 0.3) is 0 Å². The first-order chi connectivity index (χ1) is 9.35. The highest BCUT2D eigenvalue weighted by atomic mass is 35.5. The van der Waals surface area contributed by atoms with Gasteiger partial charge in [-0.1, -0.05) is 73.3 Å². The van der Waals surface area contributed by atoms with Gasteiger partial charge in [0.05, 0.1) is 0 Å². The molecular weight excluding hydrogens is 252 g/mol. The van der Waals surface area contributed by atoms with Gasteiger partial charge in [0.1, 0.15) is 0 Å². The Morgan fingerprint density at radius 3 is 2.05 bits per heavy atom. The van der Waals surface area contributed by atoms with Gasteiger partial charge in [0, 0.05) is 5.88 Å². The molecule has 1 heteroatoms. The maximum Gasteiger partial charge on any atom is 0.0445 e.